The molecule has 0 aliphatic rings. The van der Waals surface area contributed by atoms with Gasteiger partial charge in [0.25, 0.3) is 0 Å². The molecule has 2 nitrogen and oxygen atoms in total. The fraction of sp³-hybridized carbons (Fsp3) is 0.188. The van der Waals surface area contributed by atoms with Crippen LogP contribution in [0.5, 0.6) is 5.75 Å². The Hall–Kier alpha value is -2.09. The second kappa shape index (κ2) is 5.50. The summed E-state index contributed by atoms with van der Waals surface area (Å²) < 4.78 is 5.12. The number of aryl methyl sites for hydroxylation is 1. The lowest BCUT2D eigenvalue weighted by Gasteiger charge is -2.12. The third-order valence-corrected chi connectivity index (χ3v) is 3.05. The van der Waals surface area contributed by atoms with Crippen LogP contribution in [-0.4, -0.2) is 13.4 Å². The minimum atomic E-state index is -0.212. The van der Waals surface area contributed by atoms with Gasteiger partial charge in [-0.05, 0) is 30.2 Å². The first-order valence-electron chi connectivity index (χ1n) is 5.90. The first kappa shape index (κ1) is 12.4. The summed E-state index contributed by atoms with van der Waals surface area (Å²) in [6.45, 7) is 2.03. The predicted molar refractivity (Wildman–Crippen MR) is 72.1 cm³/mol. The number of ether oxygens (including phenoxy) is 1. The number of hydrogen-bond acceptors (Lipinski definition) is 2. The molecule has 0 aliphatic heterocycles. The highest BCUT2D eigenvalue weighted by Crippen LogP contribution is 2.24. The topological polar surface area (TPSA) is 26.3 Å². The van der Waals surface area contributed by atoms with Gasteiger partial charge in [0.1, 0.15) is 12.0 Å². The Balaban J connectivity index is 2.32. The summed E-state index contributed by atoms with van der Waals surface area (Å²) in [4.78, 5) is 11.3. The minimum absolute atomic E-state index is 0.212. The molecule has 0 spiro atoms. The molecule has 0 aromatic heterocycles. The van der Waals surface area contributed by atoms with Crippen LogP contribution in [0.25, 0.3) is 0 Å². The third-order valence-electron chi connectivity index (χ3n) is 3.05. The second-order valence-corrected chi connectivity index (χ2v) is 4.30. The van der Waals surface area contributed by atoms with Crippen LogP contribution in [0.1, 0.15) is 22.6 Å². The molecule has 0 aliphatic carbocycles. The van der Waals surface area contributed by atoms with Crippen molar-refractivity contribution in [1.29, 1.82) is 0 Å². The maximum Gasteiger partial charge on any atom is 0.131 e. The summed E-state index contributed by atoms with van der Waals surface area (Å²) in [6, 6.07) is 15.7. The maximum absolute atomic E-state index is 11.3. The van der Waals surface area contributed by atoms with Gasteiger partial charge in [-0.25, -0.2) is 0 Å². The van der Waals surface area contributed by atoms with E-state index in [0.717, 1.165) is 23.2 Å². The third kappa shape index (κ3) is 2.59. The molecule has 0 N–H and O–H groups in total. The van der Waals surface area contributed by atoms with Gasteiger partial charge in [-0.1, -0.05) is 42.0 Å². The van der Waals surface area contributed by atoms with Gasteiger partial charge in [0.2, 0.25) is 0 Å². The molecule has 2 aromatic rings. The average Bonchev–Trinajstić information content (AvgIpc) is 2.42. The number of rotatable bonds is 4. The van der Waals surface area contributed by atoms with Crippen molar-refractivity contribution in [3.63, 3.8) is 0 Å². The van der Waals surface area contributed by atoms with Crippen molar-refractivity contribution in [3.8, 4) is 5.75 Å². The molecule has 0 saturated carbocycles. The first-order chi connectivity index (χ1) is 8.74. The van der Waals surface area contributed by atoms with Gasteiger partial charge in [-0.2, -0.15) is 0 Å². The first-order valence-corrected chi connectivity index (χ1v) is 5.90. The molecule has 2 heteroatoms. The molecular weight excluding hydrogens is 224 g/mol. The fourth-order valence-electron chi connectivity index (χ4n) is 1.93. The number of benzene rings is 2. The van der Waals surface area contributed by atoms with Crippen molar-refractivity contribution in [1.82, 2.24) is 0 Å². The van der Waals surface area contributed by atoms with E-state index in [-0.39, 0.29) is 5.92 Å². The summed E-state index contributed by atoms with van der Waals surface area (Å²) in [5, 5.41) is 0. The Morgan fingerprint density at radius 2 is 1.44 bits per heavy atom. The van der Waals surface area contributed by atoms with Crippen LogP contribution in [0.4, 0.5) is 0 Å². The van der Waals surface area contributed by atoms with Crippen molar-refractivity contribution in [2.45, 2.75) is 12.8 Å². The van der Waals surface area contributed by atoms with Crippen molar-refractivity contribution in [2.75, 3.05) is 7.11 Å². The Morgan fingerprint density at radius 1 is 0.944 bits per heavy atom. The molecular formula is C16H16O2. The molecule has 0 bridgehead atoms. The van der Waals surface area contributed by atoms with Crippen LogP contribution < -0.4 is 4.74 Å². The Kier molecular flexibility index (Phi) is 3.78. The lowest BCUT2D eigenvalue weighted by atomic mass is 9.92. The van der Waals surface area contributed by atoms with Gasteiger partial charge in [-0.3, -0.25) is 0 Å². The molecule has 0 radical (unpaired) electrons. The quantitative estimate of drug-likeness (QED) is 0.766. The summed E-state index contributed by atoms with van der Waals surface area (Å²) in [7, 11) is 1.63. The highest BCUT2D eigenvalue weighted by molar-refractivity contribution is 5.68. The van der Waals surface area contributed by atoms with Crippen molar-refractivity contribution < 1.29 is 9.53 Å². The lowest BCUT2D eigenvalue weighted by molar-refractivity contribution is -0.108. The molecule has 1 unspecified atom stereocenters. The largest absolute Gasteiger partial charge is 0.497 e. The van der Waals surface area contributed by atoms with Crippen LogP contribution in [0.15, 0.2) is 48.5 Å². The highest BCUT2D eigenvalue weighted by Gasteiger charge is 2.12. The molecule has 18 heavy (non-hydrogen) atoms. The maximum atomic E-state index is 11.3. The van der Waals surface area contributed by atoms with Gasteiger partial charge in [0.15, 0.2) is 0 Å². The van der Waals surface area contributed by atoms with Crippen molar-refractivity contribution in [3.05, 3.63) is 65.2 Å². The van der Waals surface area contributed by atoms with E-state index in [2.05, 4.69) is 0 Å². The van der Waals surface area contributed by atoms with E-state index in [4.69, 9.17) is 4.74 Å². The number of carbonyl (C=O) groups is 1. The van der Waals surface area contributed by atoms with Gasteiger partial charge < -0.3 is 9.53 Å². The zero-order chi connectivity index (χ0) is 13.0. The van der Waals surface area contributed by atoms with Gasteiger partial charge in [0, 0.05) is 0 Å². The molecule has 0 amide bonds. The van der Waals surface area contributed by atoms with Gasteiger partial charge in [-0.15, -0.1) is 0 Å². The van der Waals surface area contributed by atoms with Crippen LogP contribution in [0.2, 0.25) is 0 Å². The number of methoxy groups -OCH3 is 1. The van der Waals surface area contributed by atoms with E-state index < -0.39 is 0 Å². The summed E-state index contributed by atoms with van der Waals surface area (Å²) in [5.74, 6) is 0.587. The molecule has 92 valence electrons. The summed E-state index contributed by atoms with van der Waals surface area (Å²) in [6.07, 6.45) is 0.979. The average molecular weight is 240 g/mol. The van der Waals surface area contributed by atoms with Crippen LogP contribution in [0.3, 0.4) is 0 Å². The second-order valence-electron chi connectivity index (χ2n) is 4.30. The summed E-state index contributed by atoms with van der Waals surface area (Å²) in [5.41, 5.74) is 3.19. The monoisotopic (exact) mass is 240 g/mol. The van der Waals surface area contributed by atoms with E-state index in [0.29, 0.717) is 0 Å². The fourth-order valence-corrected chi connectivity index (χ4v) is 1.93. The van der Waals surface area contributed by atoms with E-state index in [1.54, 1.807) is 7.11 Å². The molecule has 0 heterocycles. The van der Waals surface area contributed by atoms with E-state index in [1.807, 2.05) is 55.5 Å². The normalized spacial score (nSPS) is 11.9. The van der Waals surface area contributed by atoms with Crippen molar-refractivity contribution in [2.24, 2.45) is 0 Å². The Bertz CT molecular complexity index is 512. The predicted octanol–water partition coefficient (Wildman–Crippen LogP) is 3.33. The van der Waals surface area contributed by atoms with Gasteiger partial charge >= 0.3 is 0 Å². The Morgan fingerprint density at radius 3 is 1.89 bits per heavy atom. The molecule has 0 saturated heterocycles. The molecule has 2 aromatic carbocycles. The van der Waals surface area contributed by atoms with Crippen LogP contribution in [-0.2, 0) is 4.79 Å². The van der Waals surface area contributed by atoms with Crippen LogP contribution >= 0.6 is 0 Å². The zero-order valence-electron chi connectivity index (χ0n) is 10.6. The summed E-state index contributed by atoms with van der Waals surface area (Å²) >= 11 is 0. The minimum Gasteiger partial charge on any atom is -0.497 e. The SMILES string of the molecule is COc1ccc(C(C=O)c2ccc(C)cc2)cc1. The molecule has 2 rings (SSSR count). The van der Waals surface area contributed by atoms with E-state index >= 15 is 0 Å². The number of aldehydes is 1. The molecule has 0 fully saturated rings. The van der Waals surface area contributed by atoms with Gasteiger partial charge in [0.05, 0.1) is 13.0 Å². The standard InChI is InChI=1S/C16H16O2/c1-12-3-5-13(6-4-12)16(11-17)14-7-9-15(18-2)10-8-14/h3-11,16H,1-2H3. The number of hydrogen-bond donors (Lipinski definition) is 0. The zero-order valence-corrected chi connectivity index (χ0v) is 10.6. The lowest BCUT2D eigenvalue weighted by Crippen LogP contribution is -2.02. The highest BCUT2D eigenvalue weighted by atomic mass is 16.5. The Labute approximate surface area is 107 Å². The van der Waals surface area contributed by atoms with Crippen LogP contribution in [0, 0.1) is 6.92 Å². The molecule has 1 atom stereocenters. The van der Waals surface area contributed by atoms with E-state index in [1.165, 1.54) is 5.56 Å². The smallest absolute Gasteiger partial charge is 0.131 e. The van der Waals surface area contributed by atoms with Crippen molar-refractivity contribution >= 4 is 6.29 Å². The van der Waals surface area contributed by atoms with E-state index in [9.17, 15) is 4.79 Å². The number of carbonyl (C=O) groups excluding carboxylic acids is 1.